The lowest BCUT2D eigenvalue weighted by Crippen LogP contribution is -2.79. The van der Waals surface area contributed by atoms with Crippen molar-refractivity contribution in [1.82, 2.24) is 9.80 Å². The van der Waals surface area contributed by atoms with E-state index in [9.17, 15) is 14.7 Å². The number of hydrogen-bond acceptors (Lipinski definition) is 6. The molecule has 39 heavy (non-hydrogen) atoms. The second-order valence-electron chi connectivity index (χ2n) is 11.5. The van der Waals surface area contributed by atoms with Gasteiger partial charge < -0.3 is 19.5 Å². The summed E-state index contributed by atoms with van der Waals surface area (Å²) in [5, 5.41) is 10.9. The number of piperidine rings is 1. The van der Waals surface area contributed by atoms with Crippen LogP contribution in [-0.4, -0.2) is 70.7 Å². The van der Waals surface area contributed by atoms with Crippen molar-refractivity contribution in [3.8, 4) is 11.5 Å². The number of carbonyl (C=O) groups excluding carboxylic acids is 2. The van der Waals surface area contributed by atoms with Gasteiger partial charge in [-0.2, -0.15) is 0 Å². The zero-order chi connectivity index (χ0) is 27.5. The Morgan fingerprint density at radius 1 is 1.28 bits per heavy atom. The molecule has 0 aromatic heterocycles. The van der Waals surface area contributed by atoms with Crippen molar-refractivity contribution in [2.75, 3.05) is 20.1 Å². The first kappa shape index (κ1) is 25.7. The Balaban J connectivity index is 1.43. The highest BCUT2D eigenvalue weighted by atomic mass is 16.6. The monoisotopic (exact) mass is 528 g/mol. The lowest BCUT2D eigenvalue weighted by atomic mass is 9.48. The van der Waals surface area contributed by atoms with Crippen molar-refractivity contribution >= 4 is 18.0 Å². The van der Waals surface area contributed by atoms with E-state index in [0.717, 1.165) is 28.8 Å². The Bertz CT molecular complexity index is 1380. The molecule has 5 atom stereocenters. The van der Waals surface area contributed by atoms with Gasteiger partial charge in [0.25, 0.3) is 0 Å². The number of rotatable bonds is 6. The van der Waals surface area contributed by atoms with Crippen LogP contribution in [0.5, 0.6) is 11.5 Å². The first-order valence-electron chi connectivity index (χ1n) is 13.8. The lowest BCUT2D eigenvalue weighted by molar-refractivity contribution is -0.222. The molecule has 1 spiro atoms. The van der Waals surface area contributed by atoms with Gasteiger partial charge in [-0.15, -0.1) is 6.58 Å². The van der Waals surface area contributed by atoms with Crippen LogP contribution in [0.1, 0.15) is 48.4 Å². The van der Waals surface area contributed by atoms with Crippen LogP contribution in [0.3, 0.4) is 0 Å². The Morgan fingerprint density at radius 2 is 2.10 bits per heavy atom. The molecule has 1 amide bonds. The van der Waals surface area contributed by atoms with E-state index < -0.39 is 17.1 Å². The van der Waals surface area contributed by atoms with E-state index in [-0.39, 0.29) is 29.7 Å². The summed E-state index contributed by atoms with van der Waals surface area (Å²) < 4.78 is 13.1. The van der Waals surface area contributed by atoms with Gasteiger partial charge in [-0.1, -0.05) is 42.0 Å². The largest absolute Gasteiger partial charge is 0.504 e. The van der Waals surface area contributed by atoms with E-state index in [0.29, 0.717) is 38.0 Å². The number of nitrogens with zero attached hydrogens (tertiary/aromatic N) is 2. The third-order valence-electron chi connectivity index (χ3n) is 9.50. The number of esters is 1. The van der Waals surface area contributed by atoms with Crippen molar-refractivity contribution in [3.05, 3.63) is 77.4 Å². The molecule has 6 rings (SSSR count). The summed E-state index contributed by atoms with van der Waals surface area (Å²) >= 11 is 0. The number of hydrogen-bond donors (Lipinski definition) is 1. The van der Waals surface area contributed by atoms with Crippen molar-refractivity contribution < 1.29 is 24.2 Å². The maximum absolute atomic E-state index is 13.5. The van der Waals surface area contributed by atoms with Crippen LogP contribution in [0.25, 0.3) is 6.08 Å². The van der Waals surface area contributed by atoms with Crippen molar-refractivity contribution in [2.24, 2.45) is 0 Å². The SMILES string of the molecule is C=CCN1CC[C@]23c4c5ccc(O)c4OC2C(N(C)C(=O)/C=C/c2cccc(C)c2)CC[C@@]3(OC(C)=O)[C@H]1C5. The zero-order valence-electron chi connectivity index (χ0n) is 22.9. The molecule has 2 aromatic carbocycles. The third kappa shape index (κ3) is 3.66. The Morgan fingerprint density at radius 3 is 2.85 bits per heavy atom. The summed E-state index contributed by atoms with van der Waals surface area (Å²) in [5.74, 6) is 0.138. The van der Waals surface area contributed by atoms with E-state index in [1.165, 1.54) is 6.92 Å². The molecule has 2 aliphatic heterocycles. The third-order valence-corrected chi connectivity index (χ3v) is 9.50. The molecule has 2 aliphatic carbocycles. The van der Waals surface area contributed by atoms with Crippen LogP contribution < -0.4 is 4.74 Å². The predicted octanol–water partition coefficient (Wildman–Crippen LogP) is 4.15. The fourth-order valence-electron chi connectivity index (χ4n) is 8.04. The molecule has 1 saturated carbocycles. The molecule has 204 valence electrons. The normalized spacial score (nSPS) is 30.4. The van der Waals surface area contributed by atoms with Crippen LogP contribution in [0.2, 0.25) is 0 Å². The van der Waals surface area contributed by atoms with Crippen molar-refractivity contribution in [1.29, 1.82) is 0 Å². The molecule has 2 unspecified atom stereocenters. The van der Waals surface area contributed by atoms with Gasteiger partial charge in [0.05, 0.1) is 17.5 Å². The Labute approximate surface area is 229 Å². The highest BCUT2D eigenvalue weighted by Gasteiger charge is 2.75. The summed E-state index contributed by atoms with van der Waals surface area (Å²) in [6.07, 6.45) is 7.50. The molecule has 2 heterocycles. The Hall–Kier alpha value is -3.58. The highest BCUT2D eigenvalue weighted by molar-refractivity contribution is 5.92. The maximum Gasteiger partial charge on any atom is 0.303 e. The summed E-state index contributed by atoms with van der Waals surface area (Å²) in [6.45, 7) is 8.95. The van der Waals surface area contributed by atoms with Crippen LogP contribution >= 0.6 is 0 Å². The van der Waals surface area contributed by atoms with Crippen LogP contribution in [0, 0.1) is 6.92 Å². The quantitative estimate of drug-likeness (QED) is 0.345. The van der Waals surface area contributed by atoms with Crippen LogP contribution in [-0.2, 0) is 26.2 Å². The van der Waals surface area contributed by atoms with E-state index in [1.54, 1.807) is 17.0 Å². The molecular formula is C32H36N2O5. The van der Waals surface area contributed by atoms with Gasteiger partial charge >= 0.3 is 5.97 Å². The van der Waals surface area contributed by atoms with E-state index in [1.807, 2.05) is 56.5 Å². The van der Waals surface area contributed by atoms with Gasteiger partial charge in [0.15, 0.2) is 11.5 Å². The summed E-state index contributed by atoms with van der Waals surface area (Å²) in [5.41, 5.74) is 2.68. The molecule has 2 fully saturated rings. The topological polar surface area (TPSA) is 79.3 Å². The highest BCUT2D eigenvalue weighted by Crippen LogP contribution is 2.67. The molecule has 4 aliphatic rings. The fraction of sp³-hybridized carbons (Fsp3) is 0.438. The minimum absolute atomic E-state index is 0.0505. The standard InChI is InChI=1S/C32H36N2O5/c1-5-16-34-17-15-31-28-23-10-11-25(36)29(28)38-30(31)24(13-14-32(31,26(34)19-23)39-21(3)35)33(4)27(37)12-9-22-8-6-7-20(2)18-22/h5-12,18,24,26,30,36H,1,13-17,19H2,2-4H3/b12-9+/t24?,26-,30?,31+,32-/m1/s1. The number of aryl methyl sites for hydroxylation is 1. The average Bonchev–Trinajstić information content (AvgIpc) is 3.25. The first-order chi connectivity index (χ1) is 18.7. The molecular weight excluding hydrogens is 492 g/mol. The van der Waals surface area contributed by atoms with Gasteiger partial charge in [0.2, 0.25) is 5.91 Å². The number of ether oxygens (including phenoxy) is 2. The summed E-state index contributed by atoms with van der Waals surface area (Å²) in [4.78, 5) is 30.3. The second-order valence-corrected chi connectivity index (χ2v) is 11.5. The molecule has 2 aromatic rings. The zero-order valence-corrected chi connectivity index (χ0v) is 22.9. The molecule has 2 bridgehead atoms. The van der Waals surface area contributed by atoms with Gasteiger partial charge in [-0.25, -0.2) is 0 Å². The van der Waals surface area contributed by atoms with Gasteiger partial charge in [0.1, 0.15) is 11.7 Å². The molecule has 7 nitrogen and oxygen atoms in total. The minimum Gasteiger partial charge on any atom is -0.504 e. The molecule has 1 saturated heterocycles. The van der Waals surface area contributed by atoms with Gasteiger partial charge in [-0.3, -0.25) is 14.5 Å². The van der Waals surface area contributed by atoms with E-state index in [4.69, 9.17) is 9.47 Å². The van der Waals surface area contributed by atoms with Crippen molar-refractivity contribution in [2.45, 2.75) is 68.7 Å². The predicted molar refractivity (Wildman–Crippen MR) is 149 cm³/mol. The first-order valence-corrected chi connectivity index (χ1v) is 13.8. The molecule has 1 N–H and O–H groups in total. The molecule has 0 radical (unpaired) electrons. The smallest absolute Gasteiger partial charge is 0.303 e. The Kier molecular flexibility index (Phi) is 6.10. The number of likely N-dealkylation sites (N-methyl/N-ethyl adjacent to an activating group) is 1. The van der Waals surface area contributed by atoms with Crippen molar-refractivity contribution in [3.63, 3.8) is 0 Å². The number of carbonyl (C=O) groups is 2. The number of amides is 1. The van der Waals surface area contributed by atoms with Gasteiger partial charge in [-0.05, 0) is 55.9 Å². The number of aromatic hydroxyl groups is 1. The summed E-state index contributed by atoms with van der Waals surface area (Å²) in [7, 11) is 1.82. The minimum atomic E-state index is -0.825. The second kappa shape index (κ2) is 9.26. The number of phenolic OH excluding ortho intramolecular Hbond substituents is 1. The molecule has 7 heteroatoms. The van der Waals surface area contributed by atoms with Crippen LogP contribution in [0.4, 0.5) is 0 Å². The average molecular weight is 529 g/mol. The number of benzene rings is 2. The van der Waals surface area contributed by atoms with Crippen LogP contribution in [0.15, 0.2) is 55.1 Å². The number of phenols is 1. The summed E-state index contributed by atoms with van der Waals surface area (Å²) in [6, 6.07) is 11.4. The maximum atomic E-state index is 13.5. The fourth-order valence-corrected chi connectivity index (χ4v) is 8.04. The van der Waals surface area contributed by atoms with Gasteiger partial charge in [0, 0.05) is 38.7 Å². The van der Waals surface area contributed by atoms with E-state index >= 15 is 0 Å². The van der Waals surface area contributed by atoms with E-state index in [2.05, 4.69) is 11.5 Å². The number of likely N-dealkylation sites (tertiary alicyclic amines) is 1. The lowest BCUT2D eigenvalue weighted by Gasteiger charge is -2.65.